The molecule has 0 radical (unpaired) electrons. The van der Waals surface area contributed by atoms with E-state index in [2.05, 4.69) is 12.2 Å². The fourth-order valence-corrected chi connectivity index (χ4v) is 3.54. The van der Waals surface area contributed by atoms with Crippen molar-refractivity contribution < 1.29 is 9.84 Å². The molecule has 0 aromatic heterocycles. The van der Waals surface area contributed by atoms with Gasteiger partial charge < -0.3 is 15.2 Å². The molecule has 0 bridgehead atoms. The first-order valence-electron chi connectivity index (χ1n) is 7.92. The van der Waals surface area contributed by atoms with Crippen LogP contribution in [-0.2, 0) is 6.42 Å². The molecule has 116 valence electrons. The Balaban J connectivity index is 1.45. The first kappa shape index (κ1) is 15.1. The van der Waals surface area contributed by atoms with Gasteiger partial charge in [-0.25, -0.2) is 0 Å². The molecule has 1 heterocycles. The van der Waals surface area contributed by atoms with Gasteiger partial charge in [-0.3, -0.25) is 0 Å². The molecule has 2 aliphatic rings. The molecule has 1 saturated carbocycles. The molecule has 1 aliphatic carbocycles. The van der Waals surface area contributed by atoms with Crippen LogP contribution >= 0.6 is 11.6 Å². The lowest BCUT2D eigenvalue weighted by atomic mass is 9.79. The van der Waals surface area contributed by atoms with E-state index in [1.807, 2.05) is 18.2 Å². The van der Waals surface area contributed by atoms with Gasteiger partial charge in [0.15, 0.2) is 0 Å². The van der Waals surface area contributed by atoms with Crippen LogP contribution in [0.3, 0.4) is 0 Å². The maximum atomic E-state index is 10.6. The summed E-state index contributed by atoms with van der Waals surface area (Å²) in [6, 6.07) is 5.78. The Kier molecular flexibility index (Phi) is 4.43. The van der Waals surface area contributed by atoms with E-state index in [1.165, 1.54) is 5.56 Å². The maximum absolute atomic E-state index is 10.6. The Morgan fingerprint density at radius 1 is 1.38 bits per heavy atom. The highest BCUT2D eigenvalue weighted by Gasteiger charge is 2.32. The van der Waals surface area contributed by atoms with Gasteiger partial charge in [0.2, 0.25) is 0 Å². The number of hydrogen-bond acceptors (Lipinski definition) is 3. The molecular weight excluding hydrogens is 286 g/mol. The predicted molar refractivity (Wildman–Crippen MR) is 85.0 cm³/mol. The van der Waals surface area contributed by atoms with Crippen molar-refractivity contribution in [3.8, 4) is 5.75 Å². The summed E-state index contributed by atoms with van der Waals surface area (Å²) in [5, 5.41) is 14.7. The largest absolute Gasteiger partial charge is 0.488 e. The summed E-state index contributed by atoms with van der Waals surface area (Å²) in [6.45, 7) is 3.70. The monoisotopic (exact) mass is 309 g/mol. The lowest BCUT2D eigenvalue weighted by molar-refractivity contribution is -0.00728. The van der Waals surface area contributed by atoms with Crippen LogP contribution < -0.4 is 10.1 Å². The highest BCUT2D eigenvalue weighted by Crippen LogP contribution is 2.32. The molecule has 4 heteroatoms. The molecule has 0 spiro atoms. The van der Waals surface area contributed by atoms with Crippen LogP contribution in [0.1, 0.15) is 38.2 Å². The molecule has 1 aliphatic heterocycles. The second-order valence-electron chi connectivity index (χ2n) is 6.73. The van der Waals surface area contributed by atoms with Crippen molar-refractivity contribution in [2.24, 2.45) is 5.92 Å². The number of benzene rings is 1. The molecule has 0 saturated heterocycles. The minimum absolute atomic E-state index is 0.143. The molecule has 1 aromatic carbocycles. The molecule has 1 fully saturated rings. The average molecular weight is 310 g/mol. The second kappa shape index (κ2) is 6.15. The Morgan fingerprint density at radius 3 is 2.90 bits per heavy atom. The van der Waals surface area contributed by atoms with Crippen LogP contribution in [-0.4, -0.2) is 29.9 Å². The molecule has 21 heavy (non-hydrogen) atoms. The summed E-state index contributed by atoms with van der Waals surface area (Å²) in [6.07, 6.45) is 5.10. The van der Waals surface area contributed by atoms with Gasteiger partial charge in [-0.15, -0.1) is 0 Å². The maximum Gasteiger partial charge on any atom is 0.123 e. The van der Waals surface area contributed by atoms with Crippen LogP contribution in [0, 0.1) is 5.92 Å². The van der Waals surface area contributed by atoms with Gasteiger partial charge in [-0.2, -0.15) is 0 Å². The quantitative estimate of drug-likeness (QED) is 0.897. The summed E-state index contributed by atoms with van der Waals surface area (Å²) >= 11 is 6.00. The number of aliphatic hydroxyl groups is 1. The zero-order valence-corrected chi connectivity index (χ0v) is 13.3. The fourth-order valence-electron chi connectivity index (χ4n) is 3.34. The van der Waals surface area contributed by atoms with E-state index in [1.54, 1.807) is 0 Å². The van der Waals surface area contributed by atoms with E-state index in [0.29, 0.717) is 6.54 Å². The van der Waals surface area contributed by atoms with Gasteiger partial charge in [-0.05, 0) is 55.4 Å². The molecule has 3 nitrogen and oxygen atoms in total. The van der Waals surface area contributed by atoms with E-state index < -0.39 is 5.60 Å². The third-order valence-corrected chi connectivity index (χ3v) is 5.03. The minimum Gasteiger partial charge on any atom is -0.488 e. The smallest absolute Gasteiger partial charge is 0.123 e. The normalized spacial score (nSPS) is 31.8. The molecule has 1 aromatic rings. The fraction of sp³-hybridized carbons (Fsp3) is 0.647. The molecule has 3 rings (SSSR count). The minimum atomic E-state index is -0.527. The second-order valence-corrected chi connectivity index (χ2v) is 7.17. The standard InChI is InChI=1S/C17H24ClNO2/c1-12-4-6-17(20,7-5-12)11-19-10-15-9-13-8-14(18)2-3-16(13)21-15/h2-3,8,12,15,19-20H,4-7,9-11H2,1H3. The Labute approximate surface area is 131 Å². The molecule has 2 N–H and O–H groups in total. The topological polar surface area (TPSA) is 41.5 Å². The van der Waals surface area contributed by atoms with Crippen molar-refractivity contribution >= 4 is 11.6 Å². The first-order valence-corrected chi connectivity index (χ1v) is 8.30. The predicted octanol–water partition coefficient (Wildman–Crippen LogP) is 3.17. The zero-order valence-electron chi connectivity index (χ0n) is 12.6. The Morgan fingerprint density at radius 2 is 2.14 bits per heavy atom. The van der Waals surface area contributed by atoms with Crippen molar-refractivity contribution in [1.29, 1.82) is 0 Å². The first-order chi connectivity index (χ1) is 10.0. The highest BCUT2D eigenvalue weighted by molar-refractivity contribution is 6.30. The number of hydrogen-bond donors (Lipinski definition) is 2. The summed E-state index contributed by atoms with van der Waals surface area (Å²) in [4.78, 5) is 0. The Bertz CT molecular complexity index is 498. The van der Waals surface area contributed by atoms with Crippen LogP contribution in [0.15, 0.2) is 18.2 Å². The van der Waals surface area contributed by atoms with E-state index in [-0.39, 0.29) is 6.10 Å². The van der Waals surface area contributed by atoms with Gasteiger partial charge in [0.1, 0.15) is 11.9 Å². The number of rotatable bonds is 4. The average Bonchev–Trinajstić information content (AvgIpc) is 2.84. The third-order valence-electron chi connectivity index (χ3n) is 4.79. The van der Waals surface area contributed by atoms with Gasteiger partial charge in [-0.1, -0.05) is 18.5 Å². The number of halogens is 1. The van der Waals surface area contributed by atoms with E-state index in [4.69, 9.17) is 16.3 Å². The summed E-state index contributed by atoms with van der Waals surface area (Å²) in [5.74, 6) is 1.69. The van der Waals surface area contributed by atoms with E-state index in [9.17, 15) is 5.11 Å². The number of nitrogens with one attached hydrogen (secondary N) is 1. The third kappa shape index (κ3) is 3.71. The Hall–Kier alpha value is -0.770. The lowest BCUT2D eigenvalue weighted by Crippen LogP contribution is -2.45. The van der Waals surface area contributed by atoms with Crippen LogP contribution in [0.2, 0.25) is 5.02 Å². The van der Waals surface area contributed by atoms with Crippen LogP contribution in [0.25, 0.3) is 0 Å². The van der Waals surface area contributed by atoms with Crippen molar-refractivity contribution in [1.82, 2.24) is 5.32 Å². The number of fused-ring (bicyclic) bond motifs is 1. The summed E-state index contributed by atoms with van der Waals surface area (Å²) in [5.41, 5.74) is 0.654. The van der Waals surface area contributed by atoms with Crippen LogP contribution in [0.5, 0.6) is 5.75 Å². The van der Waals surface area contributed by atoms with Crippen molar-refractivity contribution in [3.05, 3.63) is 28.8 Å². The van der Waals surface area contributed by atoms with Crippen molar-refractivity contribution in [2.45, 2.75) is 50.7 Å². The van der Waals surface area contributed by atoms with Crippen LogP contribution in [0.4, 0.5) is 0 Å². The lowest BCUT2D eigenvalue weighted by Gasteiger charge is -2.35. The SMILES string of the molecule is CC1CCC(O)(CNCC2Cc3cc(Cl)ccc3O2)CC1. The van der Waals surface area contributed by atoms with E-state index >= 15 is 0 Å². The molecule has 1 atom stereocenters. The summed E-state index contributed by atoms with van der Waals surface area (Å²) in [7, 11) is 0. The molecule has 0 amide bonds. The van der Waals surface area contributed by atoms with Gasteiger partial charge in [0, 0.05) is 24.5 Å². The van der Waals surface area contributed by atoms with Gasteiger partial charge in [0.05, 0.1) is 5.60 Å². The van der Waals surface area contributed by atoms with Crippen molar-refractivity contribution in [3.63, 3.8) is 0 Å². The number of ether oxygens (including phenoxy) is 1. The van der Waals surface area contributed by atoms with E-state index in [0.717, 1.165) is 55.3 Å². The van der Waals surface area contributed by atoms with Crippen molar-refractivity contribution in [2.75, 3.05) is 13.1 Å². The summed E-state index contributed by atoms with van der Waals surface area (Å²) < 4.78 is 5.90. The van der Waals surface area contributed by atoms with Gasteiger partial charge in [0.25, 0.3) is 0 Å². The molecule has 1 unspecified atom stereocenters. The molecular formula is C17H24ClNO2. The highest BCUT2D eigenvalue weighted by atomic mass is 35.5. The van der Waals surface area contributed by atoms with Gasteiger partial charge >= 0.3 is 0 Å². The zero-order chi connectivity index (χ0) is 14.9.